The molecule has 1 aliphatic heterocycles. The molecule has 8 heteroatoms. The van der Waals surface area contributed by atoms with Crippen molar-refractivity contribution >= 4 is 17.6 Å². The van der Waals surface area contributed by atoms with Crippen LogP contribution < -0.4 is 9.64 Å². The minimum Gasteiger partial charge on any atom is -0.489 e. The second-order valence-electron chi connectivity index (χ2n) is 5.80. The molecule has 2 aromatic carbocycles. The van der Waals surface area contributed by atoms with Crippen LogP contribution in [0.3, 0.4) is 0 Å². The Morgan fingerprint density at radius 1 is 1.15 bits per heavy atom. The lowest BCUT2D eigenvalue weighted by Gasteiger charge is -2.16. The summed E-state index contributed by atoms with van der Waals surface area (Å²) >= 11 is 0. The molecule has 1 N–H and O–H groups in total. The first-order valence-electron chi connectivity index (χ1n) is 7.77. The Bertz CT molecular complexity index is 831. The first-order valence-corrected chi connectivity index (χ1v) is 7.77. The van der Waals surface area contributed by atoms with Crippen LogP contribution in [0.2, 0.25) is 0 Å². The number of rotatable bonds is 5. The van der Waals surface area contributed by atoms with Gasteiger partial charge in [-0.25, -0.2) is 13.2 Å². The van der Waals surface area contributed by atoms with Crippen molar-refractivity contribution in [2.24, 2.45) is 5.92 Å². The lowest BCUT2D eigenvalue weighted by atomic mass is 10.1. The molecular weight excluding hydrogens is 351 g/mol. The quantitative estimate of drug-likeness (QED) is 0.827. The average Bonchev–Trinajstić information content (AvgIpc) is 2.96. The number of carboxylic acids is 1. The van der Waals surface area contributed by atoms with Gasteiger partial charge in [-0.05, 0) is 30.7 Å². The van der Waals surface area contributed by atoms with Crippen molar-refractivity contribution in [3.63, 3.8) is 0 Å². The first-order chi connectivity index (χ1) is 12.4. The number of carbonyl (C=O) groups is 2. The van der Waals surface area contributed by atoms with Gasteiger partial charge >= 0.3 is 5.97 Å². The number of hydrogen-bond acceptors (Lipinski definition) is 3. The lowest BCUT2D eigenvalue weighted by molar-refractivity contribution is -0.144. The molecule has 26 heavy (non-hydrogen) atoms. The summed E-state index contributed by atoms with van der Waals surface area (Å²) in [6.45, 7) is -0.136. The zero-order valence-corrected chi connectivity index (χ0v) is 13.4. The van der Waals surface area contributed by atoms with Crippen LogP contribution in [0.5, 0.6) is 5.75 Å². The monoisotopic (exact) mass is 365 g/mol. The van der Waals surface area contributed by atoms with Crippen molar-refractivity contribution in [1.82, 2.24) is 0 Å². The fraction of sp³-hybridized carbons (Fsp3) is 0.222. The zero-order chi connectivity index (χ0) is 18.8. The Morgan fingerprint density at radius 2 is 1.77 bits per heavy atom. The molecule has 136 valence electrons. The minimum absolute atomic E-state index is 0.232. The molecule has 2 aromatic rings. The maximum atomic E-state index is 13.6. The highest BCUT2D eigenvalue weighted by Crippen LogP contribution is 2.27. The van der Waals surface area contributed by atoms with E-state index in [4.69, 9.17) is 9.84 Å². The summed E-state index contributed by atoms with van der Waals surface area (Å²) in [5.41, 5.74) is 0.111. The Hall–Kier alpha value is -3.03. The number of nitrogens with zero attached hydrogens (tertiary/aromatic N) is 1. The van der Waals surface area contributed by atoms with Gasteiger partial charge in [0.25, 0.3) is 0 Å². The number of halogens is 3. The van der Waals surface area contributed by atoms with Gasteiger partial charge in [0.05, 0.1) is 5.56 Å². The van der Waals surface area contributed by atoms with Crippen LogP contribution in [0.25, 0.3) is 0 Å². The van der Waals surface area contributed by atoms with Crippen LogP contribution in [0, 0.1) is 23.4 Å². The normalized spacial score (nSPS) is 16.8. The fourth-order valence-corrected chi connectivity index (χ4v) is 2.75. The maximum absolute atomic E-state index is 13.6. The van der Waals surface area contributed by atoms with Crippen LogP contribution >= 0.6 is 0 Å². The second kappa shape index (κ2) is 7.07. The molecule has 0 aromatic heterocycles. The predicted molar refractivity (Wildman–Crippen MR) is 85.2 cm³/mol. The molecule has 1 aliphatic rings. The summed E-state index contributed by atoms with van der Waals surface area (Å²) in [6.07, 6.45) is 0.232. The van der Waals surface area contributed by atoms with E-state index < -0.39 is 47.4 Å². The summed E-state index contributed by atoms with van der Waals surface area (Å²) in [4.78, 5) is 24.4. The van der Waals surface area contributed by atoms with E-state index >= 15 is 0 Å². The van der Waals surface area contributed by atoms with Crippen molar-refractivity contribution in [3.05, 3.63) is 59.4 Å². The fourth-order valence-electron chi connectivity index (χ4n) is 2.75. The molecule has 1 unspecified atom stereocenters. The molecule has 1 amide bonds. The van der Waals surface area contributed by atoms with Crippen molar-refractivity contribution < 1.29 is 32.6 Å². The third-order valence-corrected chi connectivity index (χ3v) is 4.14. The largest absolute Gasteiger partial charge is 0.489 e. The van der Waals surface area contributed by atoms with Gasteiger partial charge in [0, 0.05) is 24.4 Å². The molecule has 1 atom stereocenters. The lowest BCUT2D eigenvalue weighted by Crippen LogP contribution is -2.29. The van der Waals surface area contributed by atoms with E-state index in [1.165, 1.54) is 17.0 Å². The van der Waals surface area contributed by atoms with Crippen LogP contribution in [0.15, 0.2) is 36.4 Å². The van der Waals surface area contributed by atoms with Crippen LogP contribution in [0.4, 0.5) is 18.9 Å². The summed E-state index contributed by atoms with van der Waals surface area (Å²) < 4.78 is 45.3. The number of carbonyl (C=O) groups excluding carboxylic acids is 1. The van der Waals surface area contributed by atoms with E-state index in [9.17, 15) is 22.8 Å². The highest BCUT2D eigenvalue weighted by molar-refractivity contribution is 6.07. The molecule has 0 radical (unpaired) electrons. The van der Waals surface area contributed by atoms with Gasteiger partial charge < -0.3 is 14.7 Å². The summed E-state index contributed by atoms with van der Waals surface area (Å²) in [5.74, 6) is -5.48. The standard InChI is InChI=1S/C18H14F3NO4/c19-10-7-15(20)14(16(21)8-10)9-26-12-3-1-11(2-4-12)22-6-5-13(17(22)23)18(24)25/h1-4,7-8,13H,5-6,9H2,(H,24,25). The smallest absolute Gasteiger partial charge is 0.316 e. The number of ether oxygens (including phenoxy) is 1. The van der Waals surface area contributed by atoms with Crippen molar-refractivity contribution in [3.8, 4) is 5.75 Å². The molecule has 3 rings (SSSR count). The maximum Gasteiger partial charge on any atom is 0.316 e. The number of anilines is 1. The number of amides is 1. The summed E-state index contributed by atoms with van der Waals surface area (Å²) in [7, 11) is 0. The van der Waals surface area contributed by atoms with Crippen LogP contribution in [-0.4, -0.2) is 23.5 Å². The molecule has 1 heterocycles. The van der Waals surface area contributed by atoms with Gasteiger partial charge in [0.1, 0.15) is 35.7 Å². The van der Waals surface area contributed by atoms with Gasteiger partial charge in [-0.3, -0.25) is 9.59 Å². The molecular formula is C18H14F3NO4. The molecule has 0 aliphatic carbocycles. The average molecular weight is 365 g/mol. The summed E-state index contributed by atoms with van der Waals surface area (Å²) in [5, 5.41) is 8.98. The van der Waals surface area contributed by atoms with Crippen molar-refractivity contribution in [2.45, 2.75) is 13.0 Å². The van der Waals surface area contributed by atoms with E-state index in [1.807, 2.05) is 0 Å². The van der Waals surface area contributed by atoms with Gasteiger partial charge in [-0.15, -0.1) is 0 Å². The van der Waals surface area contributed by atoms with Gasteiger partial charge in [-0.1, -0.05) is 0 Å². The van der Waals surface area contributed by atoms with E-state index in [0.29, 0.717) is 30.1 Å². The van der Waals surface area contributed by atoms with Crippen molar-refractivity contribution in [2.75, 3.05) is 11.4 Å². The van der Waals surface area contributed by atoms with E-state index in [1.54, 1.807) is 12.1 Å². The molecule has 0 spiro atoms. The number of aliphatic carboxylic acids is 1. The van der Waals surface area contributed by atoms with E-state index in [0.717, 1.165) is 0 Å². The zero-order valence-electron chi connectivity index (χ0n) is 13.4. The Morgan fingerprint density at radius 3 is 2.31 bits per heavy atom. The van der Waals surface area contributed by atoms with Gasteiger partial charge in [-0.2, -0.15) is 0 Å². The molecule has 1 saturated heterocycles. The Balaban J connectivity index is 1.68. The highest BCUT2D eigenvalue weighted by atomic mass is 19.1. The van der Waals surface area contributed by atoms with Gasteiger partial charge in [0.15, 0.2) is 0 Å². The van der Waals surface area contributed by atoms with Crippen LogP contribution in [0.1, 0.15) is 12.0 Å². The number of hydrogen-bond donors (Lipinski definition) is 1. The van der Waals surface area contributed by atoms with Crippen molar-refractivity contribution in [1.29, 1.82) is 0 Å². The topological polar surface area (TPSA) is 66.8 Å². The van der Waals surface area contributed by atoms with Gasteiger partial charge in [0.2, 0.25) is 5.91 Å². The number of benzene rings is 2. The van der Waals surface area contributed by atoms with E-state index in [2.05, 4.69) is 0 Å². The highest BCUT2D eigenvalue weighted by Gasteiger charge is 2.37. The molecule has 0 bridgehead atoms. The first kappa shape index (κ1) is 17.8. The molecule has 5 nitrogen and oxygen atoms in total. The Labute approximate surface area is 146 Å². The second-order valence-corrected chi connectivity index (χ2v) is 5.80. The third kappa shape index (κ3) is 3.49. The Kier molecular flexibility index (Phi) is 4.83. The molecule has 0 saturated carbocycles. The predicted octanol–water partition coefficient (Wildman–Crippen LogP) is 3.12. The number of carboxylic acid groups (broad SMARTS) is 1. The molecule has 1 fully saturated rings. The minimum atomic E-state index is -1.15. The van der Waals surface area contributed by atoms with E-state index in [-0.39, 0.29) is 6.42 Å². The third-order valence-electron chi connectivity index (χ3n) is 4.14. The summed E-state index contributed by atoms with van der Waals surface area (Å²) in [6, 6.07) is 7.24. The SMILES string of the molecule is O=C(O)C1CCN(c2ccc(OCc3c(F)cc(F)cc3F)cc2)C1=O. The van der Waals surface area contributed by atoms with Crippen LogP contribution in [-0.2, 0) is 16.2 Å².